The van der Waals surface area contributed by atoms with E-state index >= 15 is 0 Å². The fourth-order valence-electron chi connectivity index (χ4n) is 3.00. The van der Waals surface area contributed by atoms with Gasteiger partial charge in [0.1, 0.15) is 6.26 Å². The Bertz CT molecular complexity index is 822. The molecule has 1 aliphatic rings. The molecule has 128 valence electrons. The van der Waals surface area contributed by atoms with Crippen LogP contribution < -0.4 is 5.32 Å². The number of furan rings is 1. The van der Waals surface area contributed by atoms with Gasteiger partial charge >= 0.3 is 0 Å². The number of anilines is 1. The molecule has 0 saturated carbocycles. The molecule has 1 amide bonds. The molecule has 3 heterocycles. The quantitative estimate of drug-likeness (QED) is 0.782. The highest BCUT2D eigenvalue weighted by molar-refractivity contribution is 5.93. The first-order chi connectivity index (χ1) is 12.3. The van der Waals surface area contributed by atoms with Gasteiger partial charge in [0.2, 0.25) is 5.95 Å². The number of likely N-dealkylation sites (tertiary alicyclic amines) is 1. The highest BCUT2D eigenvalue weighted by Gasteiger charge is 2.25. The van der Waals surface area contributed by atoms with Crippen LogP contribution in [0.5, 0.6) is 0 Å². The first-order valence-corrected chi connectivity index (χ1v) is 8.23. The van der Waals surface area contributed by atoms with Gasteiger partial charge in [-0.2, -0.15) is 4.68 Å². The SMILES string of the molecule is O=C(c1ccoc1)N1CCC(Nc2nnnn2-c2ccccc2)CC1. The number of tetrazole rings is 1. The van der Waals surface area contributed by atoms with Gasteiger partial charge in [-0.1, -0.05) is 23.3 Å². The van der Waals surface area contributed by atoms with Crippen molar-refractivity contribution in [3.8, 4) is 5.69 Å². The summed E-state index contributed by atoms with van der Waals surface area (Å²) in [6, 6.07) is 11.7. The topological polar surface area (TPSA) is 89.1 Å². The Morgan fingerprint density at radius 3 is 2.68 bits per heavy atom. The Kier molecular flexibility index (Phi) is 4.16. The first kappa shape index (κ1) is 15.4. The molecule has 1 fully saturated rings. The number of amides is 1. The number of nitrogens with zero attached hydrogens (tertiary/aromatic N) is 5. The van der Waals surface area contributed by atoms with Gasteiger partial charge in [-0.25, -0.2) is 0 Å². The minimum Gasteiger partial charge on any atom is -0.472 e. The predicted molar refractivity (Wildman–Crippen MR) is 90.4 cm³/mol. The second-order valence-corrected chi connectivity index (χ2v) is 5.97. The average molecular weight is 338 g/mol. The number of hydrogen-bond acceptors (Lipinski definition) is 6. The van der Waals surface area contributed by atoms with Crippen molar-refractivity contribution in [3.05, 3.63) is 54.5 Å². The summed E-state index contributed by atoms with van der Waals surface area (Å²) in [4.78, 5) is 14.2. The van der Waals surface area contributed by atoms with E-state index in [9.17, 15) is 4.79 Å². The monoisotopic (exact) mass is 338 g/mol. The number of piperidine rings is 1. The summed E-state index contributed by atoms with van der Waals surface area (Å²) in [5, 5.41) is 15.3. The highest BCUT2D eigenvalue weighted by Crippen LogP contribution is 2.18. The second kappa shape index (κ2) is 6.76. The van der Waals surface area contributed by atoms with E-state index in [1.54, 1.807) is 10.7 Å². The van der Waals surface area contributed by atoms with E-state index in [0.29, 0.717) is 24.6 Å². The van der Waals surface area contributed by atoms with E-state index in [2.05, 4.69) is 20.8 Å². The Morgan fingerprint density at radius 1 is 1.16 bits per heavy atom. The Balaban J connectivity index is 1.38. The second-order valence-electron chi connectivity index (χ2n) is 5.97. The Morgan fingerprint density at radius 2 is 1.96 bits per heavy atom. The zero-order valence-electron chi connectivity index (χ0n) is 13.6. The third kappa shape index (κ3) is 3.23. The smallest absolute Gasteiger partial charge is 0.257 e. The fourth-order valence-corrected chi connectivity index (χ4v) is 3.00. The molecule has 8 nitrogen and oxygen atoms in total. The largest absolute Gasteiger partial charge is 0.472 e. The molecule has 1 N–H and O–H groups in total. The van der Waals surface area contributed by atoms with Crippen molar-refractivity contribution in [2.75, 3.05) is 18.4 Å². The summed E-state index contributed by atoms with van der Waals surface area (Å²) < 4.78 is 6.67. The Hall–Kier alpha value is -3.16. The third-order valence-electron chi connectivity index (χ3n) is 4.35. The van der Waals surface area contributed by atoms with Gasteiger partial charge in [-0.05, 0) is 41.5 Å². The molecular weight excluding hydrogens is 320 g/mol. The lowest BCUT2D eigenvalue weighted by atomic mass is 10.0. The summed E-state index contributed by atoms with van der Waals surface area (Å²) in [5.41, 5.74) is 1.50. The maximum Gasteiger partial charge on any atom is 0.257 e. The van der Waals surface area contributed by atoms with Crippen molar-refractivity contribution in [1.82, 2.24) is 25.1 Å². The van der Waals surface area contributed by atoms with E-state index in [-0.39, 0.29) is 11.9 Å². The van der Waals surface area contributed by atoms with Gasteiger partial charge in [0, 0.05) is 19.1 Å². The van der Waals surface area contributed by atoms with Crippen LogP contribution in [0.25, 0.3) is 5.69 Å². The maximum atomic E-state index is 12.3. The molecule has 0 unspecified atom stereocenters. The number of carbonyl (C=O) groups is 1. The van der Waals surface area contributed by atoms with Crippen molar-refractivity contribution in [2.24, 2.45) is 0 Å². The molecule has 25 heavy (non-hydrogen) atoms. The standard InChI is InChI=1S/C17H18N6O2/c24-16(13-8-11-25-12-13)22-9-6-14(7-10-22)18-17-19-20-21-23(17)15-4-2-1-3-5-15/h1-5,8,11-12,14H,6-7,9-10H2,(H,18,19,21). The molecule has 1 saturated heterocycles. The van der Waals surface area contributed by atoms with Crippen LogP contribution in [-0.2, 0) is 0 Å². The average Bonchev–Trinajstić information content (AvgIpc) is 3.35. The van der Waals surface area contributed by atoms with E-state index in [1.807, 2.05) is 35.2 Å². The highest BCUT2D eigenvalue weighted by atomic mass is 16.3. The molecule has 3 aromatic rings. The van der Waals surface area contributed by atoms with Gasteiger partial charge in [0.25, 0.3) is 5.91 Å². The van der Waals surface area contributed by atoms with Crippen molar-refractivity contribution in [2.45, 2.75) is 18.9 Å². The minimum absolute atomic E-state index is 0.0151. The summed E-state index contributed by atoms with van der Waals surface area (Å²) in [7, 11) is 0. The molecule has 0 bridgehead atoms. The number of para-hydroxylation sites is 1. The van der Waals surface area contributed by atoms with Crippen LogP contribution >= 0.6 is 0 Å². The number of carbonyl (C=O) groups excluding carboxylic acids is 1. The van der Waals surface area contributed by atoms with Crippen LogP contribution in [0, 0.1) is 0 Å². The molecule has 8 heteroatoms. The van der Waals surface area contributed by atoms with Gasteiger partial charge in [-0.3, -0.25) is 4.79 Å². The summed E-state index contributed by atoms with van der Waals surface area (Å²) in [5.74, 6) is 0.632. The normalized spacial score (nSPS) is 15.3. The minimum atomic E-state index is 0.0151. The number of nitrogens with one attached hydrogen (secondary N) is 1. The number of hydrogen-bond donors (Lipinski definition) is 1. The van der Waals surface area contributed by atoms with Crippen LogP contribution in [0.1, 0.15) is 23.2 Å². The molecule has 1 aromatic carbocycles. The molecule has 0 atom stereocenters. The lowest BCUT2D eigenvalue weighted by Crippen LogP contribution is -2.42. The number of aromatic nitrogens is 4. The van der Waals surface area contributed by atoms with Crippen LogP contribution in [0.4, 0.5) is 5.95 Å². The van der Waals surface area contributed by atoms with Gasteiger partial charge in [0.15, 0.2) is 0 Å². The van der Waals surface area contributed by atoms with Crippen LogP contribution in [-0.4, -0.2) is 50.1 Å². The van der Waals surface area contributed by atoms with Crippen molar-refractivity contribution >= 4 is 11.9 Å². The molecule has 0 aliphatic carbocycles. The van der Waals surface area contributed by atoms with E-state index in [1.165, 1.54) is 12.5 Å². The third-order valence-corrected chi connectivity index (χ3v) is 4.35. The zero-order valence-corrected chi connectivity index (χ0v) is 13.6. The van der Waals surface area contributed by atoms with E-state index in [4.69, 9.17) is 4.42 Å². The summed E-state index contributed by atoms with van der Waals surface area (Å²) in [6.45, 7) is 1.38. The molecule has 2 aromatic heterocycles. The van der Waals surface area contributed by atoms with E-state index in [0.717, 1.165) is 18.5 Å². The predicted octanol–water partition coefficient (Wildman–Crippen LogP) is 1.97. The Labute approximate surface area is 144 Å². The molecule has 0 radical (unpaired) electrons. The number of rotatable bonds is 4. The lowest BCUT2D eigenvalue weighted by molar-refractivity contribution is 0.0717. The first-order valence-electron chi connectivity index (χ1n) is 8.23. The van der Waals surface area contributed by atoms with Crippen molar-refractivity contribution in [3.63, 3.8) is 0 Å². The lowest BCUT2D eigenvalue weighted by Gasteiger charge is -2.32. The van der Waals surface area contributed by atoms with Gasteiger partial charge in [-0.15, -0.1) is 0 Å². The zero-order chi connectivity index (χ0) is 17.1. The summed E-state index contributed by atoms with van der Waals surface area (Å²) >= 11 is 0. The van der Waals surface area contributed by atoms with Crippen LogP contribution in [0.15, 0.2) is 53.3 Å². The van der Waals surface area contributed by atoms with Crippen molar-refractivity contribution in [1.29, 1.82) is 0 Å². The van der Waals surface area contributed by atoms with Gasteiger partial charge in [0.05, 0.1) is 17.5 Å². The van der Waals surface area contributed by atoms with Gasteiger partial charge < -0.3 is 14.6 Å². The molecular formula is C17H18N6O2. The molecule has 1 aliphatic heterocycles. The van der Waals surface area contributed by atoms with Crippen molar-refractivity contribution < 1.29 is 9.21 Å². The van der Waals surface area contributed by atoms with E-state index < -0.39 is 0 Å². The van der Waals surface area contributed by atoms with Crippen LogP contribution in [0.3, 0.4) is 0 Å². The summed E-state index contributed by atoms with van der Waals surface area (Å²) in [6.07, 6.45) is 4.68. The molecule has 0 spiro atoms. The molecule has 4 rings (SSSR count). The fraction of sp³-hybridized carbons (Fsp3) is 0.294. The number of benzene rings is 1. The van der Waals surface area contributed by atoms with Crippen LogP contribution in [0.2, 0.25) is 0 Å². The maximum absolute atomic E-state index is 12.3.